The maximum absolute atomic E-state index is 13.2. The van der Waals surface area contributed by atoms with Gasteiger partial charge in [-0.3, -0.25) is 4.99 Å². The van der Waals surface area contributed by atoms with Gasteiger partial charge in [0.05, 0.1) is 20.3 Å². The lowest BCUT2D eigenvalue weighted by Crippen LogP contribution is -2.42. The number of nitrogens with zero attached hydrogens (tertiary/aromatic N) is 2. The molecule has 0 saturated carbocycles. The molecule has 8 heteroatoms. The Morgan fingerprint density at radius 1 is 1.03 bits per heavy atom. The Hall–Kier alpha value is -2.07. The highest BCUT2D eigenvalue weighted by Gasteiger charge is 2.14. The van der Waals surface area contributed by atoms with Gasteiger partial charge < -0.3 is 25.0 Å². The molecule has 0 aliphatic carbocycles. The molecule has 2 aromatic carbocycles. The van der Waals surface area contributed by atoms with E-state index in [4.69, 9.17) is 9.47 Å². The first-order valence-electron chi connectivity index (χ1n) is 9.55. The zero-order chi connectivity index (χ0) is 21.2. The largest absolute Gasteiger partial charge is 0.493 e. The summed E-state index contributed by atoms with van der Waals surface area (Å²) in [5, 5.41) is 6.68. The monoisotopic (exact) mass is 530 g/mol. The molecule has 166 valence electrons. The lowest BCUT2D eigenvalue weighted by atomic mass is 10.1. The van der Waals surface area contributed by atoms with Gasteiger partial charge in [0.1, 0.15) is 5.82 Å². The molecule has 0 saturated heterocycles. The van der Waals surface area contributed by atoms with Crippen molar-refractivity contribution in [1.29, 1.82) is 0 Å². The van der Waals surface area contributed by atoms with E-state index in [1.165, 1.54) is 12.1 Å². The Morgan fingerprint density at radius 2 is 1.70 bits per heavy atom. The standard InChI is InChI=1S/C22H31FN4O2.HI/c1-24-22(25-13-12-16-6-11-20(28-4)21(14-16)29-5)26-15-19(27(2)3)17-7-9-18(23)10-8-17;/h6-11,14,19H,12-13,15H2,1-5H3,(H2,24,25,26);1H. The zero-order valence-corrected chi connectivity index (χ0v) is 20.6. The second-order valence-electron chi connectivity index (χ2n) is 6.85. The Kier molecular flexibility index (Phi) is 11.5. The molecule has 0 heterocycles. The zero-order valence-electron chi connectivity index (χ0n) is 18.2. The summed E-state index contributed by atoms with van der Waals surface area (Å²) in [7, 11) is 9.01. The molecule has 30 heavy (non-hydrogen) atoms. The number of ether oxygens (including phenoxy) is 2. The third-order valence-corrected chi connectivity index (χ3v) is 4.72. The molecule has 6 nitrogen and oxygen atoms in total. The number of halogens is 2. The molecule has 0 bridgehead atoms. The molecule has 1 atom stereocenters. The molecule has 2 N–H and O–H groups in total. The van der Waals surface area contributed by atoms with Crippen LogP contribution in [-0.4, -0.2) is 59.3 Å². The van der Waals surface area contributed by atoms with Crippen LogP contribution < -0.4 is 20.1 Å². The highest BCUT2D eigenvalue weighted by atomic mass is 127. The minimum Gasteiger partial charge on any atom is -0.493 e. The van der Waals surface area contributed by atoms with Crippen LogP contribution in [0.1, 0.15) is 17.2 Å². The van der Waals surface area contributed by atoms with Gasteiger partial charge in [0.2, 0.25) is 0 Å². The molecule has 0 aromatic heterocycles. The normalized spacial score (nSPS) is 12.2. The van der Waals surface area contributed by atoms with Crippen LogP contribution >= 0.6 is 24.0 Å². The molecular formula is C22H32FIN4O2. The van der Waals surface area contributed by atoms with Crippen LogP contribution in [0.4, 0.5) is 4.39 Å². The van der Waals surface area contributed by atoms with Crippen molar-refractivity contribution in [3.05, 3.63) is 59.4 Å². The molecule has 0 amide bonds. The summed E-state index contributed by atoms with van der Waals surface area (Å²) >= 11 is 0. The van der Waals surface area contributed by atoms with Gasteiger partial charge in [0, 0.05) is 20.1 Å². The maximum Gasteiger partial charge on any atom is 0.191 e. The molecule has 0 aliphatic rings. The number of benzene rings is 2. The van der Waals surface area contributed by atoms with Gasteiger partial charge >= 0.3 is 0 Å². The third-order valence-electron chi connectivity index (χ3n) is 4.72. The van der Waals surface area contributed by atoms with Crippen molar-refractivity contribution in [3.8, 4) is 11.5 Å². The lowest BCUT2D eigenvalue weighted by Gasteiger charge is -2.26. The second-order valence-corrected chi connectivity index (χ2v) is 6.85. The summed E-state index contributed by atoms with van der Waals surface area (Å²) in [4.78, 5) is 6.39. The molecule has 2 rings (SSSR count). The Bertz CT molecular complexity index is 800. The fourth-order valence-corrected chi connectivity index (χ4v) is 3.06. The average Bonchev–Trinajstić information content (AvgIpc) is 2.73. The molecular weight excluding hydrogens is 498 g/mol. The van der Waals surface area contributed by atoms with E-state index in [2.05, 4.69) is 20.5 Å². The lowest BCUT2D eigenvalue weighted by molar-refractivity contribution is 0.298. The van der Waals surface area contributed by atoms with Crippen LogP contribution in [0.25, 0.3) is 0 Å². The van der Waals surface area contributed by atoms with Crippen molar-refractivity contribution in [2.75, 3.05) is 48.5 Å². The van der Waals surface area contributed by atoms with E-state index in [9.17, 15) is 4.39 Å². The van der Waals surface area contributed by atoms with Crippen molar-refractivity contribution in [2.24, 2.45) is 4.99 Å². The SMILES string of the molecule is CN=C(NCCc1ccc(OC)c(OC)c1)NCC(c1ccc(F)cc1)N(C)C.I. The van der Waals surface area contributed by atoms with Crippen LogP contribution in [-0.2, 0) is 6.42 Å². The van der Waals surface area contributed by atoms with Gasteiger partial charge in [0.15, 0.2) is 17.5 Å². The molecule has 0 aliphatic heterocycles. The molecule has 1 unspecified atom stereocenters. The summed E-state index contributed by atoms with van der Waals surface area (Å²) in [5.41, 5.74) is 2.19. The van der Waals surface area contributed by atoms with Crippen molar-refractivity contribution in [3.63, 3.8) is 0 Å². The van der Waals surface area contributed by atoms with Crippen LogP contribution in [0.15, 0.2) is 47.5 Å². The number of hydrogen-bond acceptors (Lipinski definition) is 4. The van der Waals surface area contributed by atoms with E-state index in [0.29, 0.717) is 6.54 Å². The first kappa shape index (κ1) is 26.0. The maximum atomic E-state index is 13.2. The van der Waals surface area contributed by atoms with E-state index in [1.54, 1.807) is 21.3 Å². The smallest absolute Gasteiger partial charge is 0.191 e. The van der Waals surface area contributed by atoms with E-state index < -0.39 is 0 Å². The quantitative estimate of drug-likeness (QED) is 0.296. The van der Waals surface area contributed by atoms with Crippen molar-refractivity contribution < 1.29 is 13.9 Å². The topological polar surface area (TPSA) is 58.1 Å². The van der Waals surface area contributed by atoms with Crippen LogP contribution in [0.2, 0.25) is 0 Å². The van der Waals surface area contributed by atoms with Gasteiger partial charge in [-0.1, -0.05) is 18.2 Å². The first-order chi connectivity index (χ1) is 14.0. The Balaban J connectivity index is 0.00000450. The van der Waals surface area contributed by atoms with Crippen LogP contribution in [0, 0.1) is 5.82 Å². The van der Waals surface area contributed by atoms with Gasteiger partial charge in [-0.05, 0) is 55.9 Å². The van der Waals surface area contributed by atoms with Crippen molar-refractivity contribution >= 4 is 29.9 Å². The van der Waals surface area contributed by atoms with Crippen molar-refractivity contribution in [1.82, 2.24) is 15.5 Å². The number of rotatable bonds is 9. The minimum atomic E-state index is -0.230. The fraction of sp³-hybridized carbons (Fsp3) is 0.409. The predicted molar refractivity (Wildman–Crippen MR) is 131 cm³/mol. The first-order valence-corrected chi connectivity index (χ1v) is 9.55. The molecule has 0 fully saturated rings. The fourth-order valence-electron chi connectivity index (χ4n) is 3.06. The van der Waals surface area contributed by atoms with E-state index >= 15 is 0 Å². The highest BCUT2D eigenvalue weighted by Crippen LogP contribution is 2.27. The summed E-state index contributed by atoms with van der Waals surface area (Å²) in [6.07, 6.45) is 0.816. The number of aliphatic imine (C=N–C) groups is 1. The van der Waals surface area contributed by atoms with Gasteiger partial charge in [0.25, 0.3) is 0 Å². The highest BCUT2D eigenvalue weighted by molar-refractivity contribution is 14.0. The molecule has 2 aromatic rings. The number of methoxy groups -OCH3 is 2. The van der Waals surface area contributed by atoms with E-state index in [1.807, 2.05) is 44.4 Å². The second kappa shape index (κ2) is 13.3. The van der Waals surface area contributed by atoms with Crippen LogP contribution in [0.3, 0.4) is 0 Å². The van der Waals surface area contributed by atoms with E-state index in [-0.39, 0.29) is 35.8 Å². The summed E-state index contributed by atoms with van der Waals surface area (Å²) < 4.78 is 23.8. The molecule has 0 radical (unpaired) electrons. The molecule has 0 spiro atoms. The number of hydrogen-bond donors (Lipinski definition) is 2. The van der Waals surface area contributed by atoms with Gasteiger partial charge in [-0.2, -0.15) is 0 Å². The minimum absolute atomic E-state index is 0. The summed E-state index contributed by atoms with van der Waals surface area (Å²) in [6.45, 7) is 1.37. The predicted octanol–water partition coefficient (Wildman–Crippen LogP) is 3.47. The van der Waals surface area contributed by atoms with Crippen LogP contribution in [0.5, 0.6) is 11.5 Å². The summed E-state index contributed by atoms with van der Waals surface area (Å²) in [6, 6.07) is 12.6. The summed E-state index contributed by atoms with van der Waals surface area (Å²) in [5.74, 6) is 1.93. The number of nitrogens with one attached hydrogen (secondary N) is 2. The Labute approximate surface area is 195 Å². The number of likely N-dealkylation sites (N-methyl/N-ethyl adjacent to an activating group) is 1. The number of guanidine groups is 1. The Morgan fingerprint density at radius 3 is 2.27 bits per heavy atom. The van der Waals surface area contributed by atoms with E-state index in [0.717, 1.165) is 41.6 Å². The third kappa shape index (κ3) is 7.64. The van der Waals surface area contributed by atoms with Crippen molar-refractivity contribution in [2.45, 2.75) is 12.5 Å². The van der Waals surface area contributed by atoms with Gasteiger partial charge in [-0.25, -0.2) is 4.39 Å². The van der Waals surface area contributed by atoms with Gasteiger partial charge in [-0.15, -0.1) is 24.0 Å². The average molecular weight is 530 g/mol.